The first-order chi connectivity index (χ1) is 12.5. The Morgan fingerprint density at radius 3 is 2.12 bits per heavy atom. The van der Waals surface area contributed by atoms with Crippen molar-refractivity contribution < 1.29 is 9.59 Å². The predicted octanol–water partition coefficient (Wildman–Crippen LogP) is 3.42. The van der Waals surface area contributed by atoms with Gasteiger partial charge in [0.2, 0.25) is 11.8 Å². The molecular formula is C22H32N2O2. The molecule has 0 spiro atoms. The van der Waals surface area contributed by atoms with Gasteiger partial charge in [-0.05, 0) is 50.5 Å². The number of nitrogens with zero attached hydrogens (tertiary/aromatic N) is 2. The van der Waals surface area contributed by atoms with Crippen molar-refractivity contribution in [1.82, 2.24) is 9.80 Å². The topological polar surface area (TPSA) is 40.6 Å². The fraction of sp³-hybridized carbons (Fsp3) is 0.636. The SMILES string of the molecule is Cc1ccc(CCC(=O)N2CCC(C(=O)N3CCC(C)CC3)CC2)cc1. The fourth-order valence-electron chi connectivity index (χ4n) is 4.03. The fourth-order valence-corrected chi connectivity index (χ4v) is 4.03. The molecule has 1 aromatic carbocycles. The second kappa shape index (κ2) is 8.70. The van der Waals surface area contributed by atoms with E-state index in [0.29, 0.717) is 12.3 Å². The van der Waals surface area contributed by atoms with E-state index in [4.69, 9.17) is 0 Å². The van der Waals surface area contributed by atoms with Crippen LogP contribution in [0.5, 0.6) is 0 Å². The van der Waals surface area contributed by atoms with Gasteiger partial charge in [-0.25, -0.2) is 0 Å². The maximum atomic E-state index is 12.7. The molecule has 3 rings (SSSR count). The summed E-state index contributed by atoms with van der Waals surface area (Å²) in [5, 5.41) is 0. The summed E-state index contributed by atoms with van der Waals surface area (Å²) in [5.41, 5.74) is 2.46. The van der Waals surface area contributed by atoms with E-state index in [9.17, 15) is 9.59 Å². The Bertz CT molecular complexity index is 610. The van der Waals surface area contributed by atoms with Gasteiger partial charge in [0.15, 0.2) is 0 Å². The Balaban J connectivity index is 1.42. The van der Waals surface area contributed by atoms with Gasteiger partial charge in [0.05, 0.1) is 0 Å². The van der Waals surface area contributed by atoms with E-state index in [1.54, 1.807) is 0 Å². The Labute approximate surface area is 157 Å². The Morgan fingerprint density at radius 1 is 0.923 bits per heavy atom. The third-order valence-corrected chi connectivity index (χ3v) is 6.04. The molecule has 0 aromatic heterocycles. The summed E-state index contributed by atoms with van der Waals surface area (Å²) in [5.74, 6) is 1.41. The van der Waals surface area contributed by atoms with Gasteiger partial charge in [-0.3, -0.25) is 9.59 Å². The molecule has 0 bridgehead atoms. The average molecular weight is 357 g/mol. The number of likely N-dealkylation sites (tertiary alicyclic amines) is 2. The van der Waals surface area contributed by atoms with Crippen LogP contribution in [0.25, 0.3) is 0 Å². The zero-order valence-corrected chi connectivity index (χ0v) is 16.2. The number of hydrogen-bond acceptors (Lipinski definition) is 2. The highest BCUT2D eigenvalue weighted by Crippen LogP contribution is 2.24. The van der Waals surface area contributed by atoms with Crippen molar-refractivity contribution in [3.63, 3.8) is 0 Å². The first-order valence-electron chi connectivity index (χ1n) is 10.1. The van der Waals surface area contributed by atoms with E-state index in [-0.39, 0.29) is 11.8 Å². The maximum Gasteiger partial charge on any atom is 0.225 e. The van der Waals surface area contributed by atoms with Gasteiger partial charge >= 0.3 is 0 Å². The zero-order valence-electron chi connectivity index (χ0n) is 16.2. The molecule has 2 aliphatic rings. The number of carbonyl (C=O) groups excluding carboxylic acids is 2. The minimum atomic E-state index is 0.115. The molecule has 4 heteroatoms. The maximum absolute atomic E-state index is 12.7. The van der Waals surface area contributed by atoms with Crippen LogP contribution in [0.2, 0.25) is 0 Å². The molecule has 4 nitrogen and oxygen atoms in total. The smallest absolute Gasteiger partial charge is 0.225 e. The standard InChI is InChI=1S/C22H32N2O2/c1-17-3-5-19(6-4-17)7-8-21(25)23-15-11-20(12-16-23)22(26)24-13-9-18(2)10-14-24/h3-6,18,20H,7-16H2,1-2H3. The second-order valence-electron chi connectivity index (χ2n) is 8.15. The number of hydrogen-bond donors (Lipinski definition) is 0. The third-order valence-electron chi connectivity index (χ3n) is 6.04. The van der Waals surface area contributed by atoms with Crippen molar-refractivity contribution >= 4 is 11.8 Å². The number of carbonyl (C=O) groups is 2. The van der Waals surface area contributed by atoms with Crippen LogP contribution in [-0.4, -0.2) is 47.8 Å². The highest BCUT2D eigenvalue weighted by Gasteiger charge is 2.31. The van der Waals surface area contributed by atoms with E-state index in [0.717, 1.165) is 64.2 Å². The van der Waals surface area contributed by atoms with Crippen LogP contribution in [0.15, 0.2) is 24.3 Å². The van der Waals surface area contributed by atoms with Gasteiger partial charge in [-0.1, -0.05) is 36.8 Å². The molecule has 2 saturated heterocycles. The van der Waals surface area contributed by atoms with Crippen molar-refractivity contribution in [3.8, 4) is 0 Å². The number of aryl methyl sites for hydroxylation is 2. The van der Waals surface area contributed by atoms with Gasteiger partial charge in [-0.2, -0.15) is 0 Å². The molecule has 142 valence electrons. The van der Waals surface area contributed by atoms with Crippen molar-refractivity contribution in [3.05, 3.63) is 35.4 Å². The van der Waals surface area contributed by atoms with Gasteiger partial charge in [0.1, 0.15) is 0 Å². The van der Waals surface area contributed by atoms with Gasteiger partial charge in [0, 0.05) is 38.5 Å². The first kappa shape index (κ1) is 18.9. The summed E-state index contributed by atoms with van der Waals surface area (Å²) in [6.45, 7) is 7.62. The number of amides is 2. The lowest BCUT2D eigenvalue weighted by Crippen LogP contribution is -2.46. The van der Waals surface area contributed by atoms with Crippen molar-refractivity contribution in [2.45, 2.75) is 52.4 Å². The quantitative estimate of drug-likeness (QED) is 0.829. The number of piperidine rings is 2. The molecule has 0 unspecified atom stereocenters. The summed E-state index contributed by atoms with van der Waals surface area (Å²) >= 11 is 0. The Morgan fingerprint density at radius 2 is 1.50 bits per heavy atom. The highest BCUT2D eigenvalue weighted by molar-refractivity contribution is 5.80. The minimum Gasteiger partial charge on any atom is -0.343 e. The van der Waals surface area contributed by atoms with Crippen molar-refractivity contribution in [2.24, 2.45) is 11.8 Å². The van der Waals surface area contributed by atoms with E-state index in [1.165, 1.54) is 11.1 Å². The lowest BCUT2D eigenvalue weighted by Gasteiger charge is -2.36. The summed E-state index contributed by atoms with van der Waals surface area (Å²) < 4.78 is 0. The van der Waals surface area contributed by atoms with Crippen molar-refractivity contribution in [2.75, 3.05) is 26.2 Å². The third kappa shape index (κ3) is 4.87. The van der Waals surface area contributed by atoms with Crippen LogP contribution in [0.3, 0.4) is 0 Å². The number of rotatable bonds is 4. The Kier molecular flexibility index (Phi) is 6.33. The molecule has 0 atom stereocenters. The van der Waals surface area contributed by atoms with Crippen LogP contribution in [0, 0.1) is 18.8 Å². The van der Waals surface area contributed by atoms with E-state index < -0.39 is 0 Å². The molecule has 2 heterocycles. The average Bonchev–Trinajstić information content (AvgIpc) is 2.67. The summed E-state index contributed by atoms with van der Waals surface area (Å²) in [6, 6.07) is 8.40. The first-order valence-corrected chi connectivity index (χ1v) is 10.1. The van der Waals surface area contributed by atoms with Gasteiger partial charge < -0.3 is 9.80 Å². The van der Waals surface area contributed by atoms with E-state index in [2.05, 4.69) is 43.0 Å². The molecular weight excluding hydrogens is 324 g/mol. The second-order valence-corrected chi connectivity index (χ2v) is 8.15. The van der Waals surface area contributed by atoms with Crippen LogP contribution >= 0.6 is 0 Å². The normalized spacial score (nSPS) is 19.6. The largest absolute Gasteiger partial charge is 0.343 e. The molecule has 0 radical (unpaired) electrons. The Hall–Kier alpha value is -1.84. The predicted molar refractivity (Wildman–Crippen MR) is 104 cm³/mol. The molecule has 0 aliphatic carbocycles. The molecule has 2 amide bonds. The monoisotopic (exact) mass is 356 g/mol. The highest BCUT2D eigenvalue weighted by atomic mass is 16.2. The van der Waals surface area contributed by atoms with Crippen LogP contribution in [0.4, 0.5) is 0 Å². The van der Waals surface area contributed by atoms with Crippen LogP contribution < -0.4 is 0 Å². The summed E-state index contributed by atoms with van der Waals surface area (Å²) in [7, 11) is 0. The summed E-state index contributed by atoms with van der Waals surface area (Å²) in [4.78, 5) is 29.2. The lowest BCUT2D eigenvalue weighted by molar-refractivity contribution is -0.141. The lowest BCUT2D eigenvalue weighted by atomic mass is 9.92. The van der Waals surface area contributed by atoms with Crippen molar-refractivity contribution in [1.29, 1.82) is 0 Å². The molecule has 0 saturated carbocycles. The molecule has 1 aromatic rings. The molecule has 26 heavy (non-hydrogen) atoms. The number of benzene rings is 1. The van der Waals surface area contributed by atoms with Crippen LogP contribution in [-0.2, 0) is 16.0 Å². The van der Waals surface area contributed by atoms with Crippen LogP contribution in [0.1, 0.15) is 50.2 Å². The van der Waals surface area contributed by atoms with Gasteiger partial charge in [0.25, 0.3) is 0 Å². The van der Waals surface area contributed by atoms with E-state index >= 15 is 0 Å². The molecule has 2 fully saturated rings. The zero-order chi connectivity index (χ0) is 18.5. The van der Waals surface area contributed by atoms with E-state index in [1.807, 2.05) is 4.90 Å². The van der Waals surface area contributed by atoms with Gasteiger partial charge in [-0.15, -0.1) is 0 Å². The minimum absolute atomic E-state index is 0.115. The summed E-state index contributed by atoms with van der Waals surface area (Å²) in [6.07, 6.45) is 5.25. The molecule has 2 aliphatic heterocycles. The molecule has 0 N–H and O–H groups in total.